The molecule has 2 fully saturated rings. The normalized spacial score (nSPS) is 20.6. The minimum atomic E-state index is 0.0350. The fraction of sp³-hybridized carbons (Fsp3) is 0.548. The first-order valence-corrected chi connectivity index (χ1v) is 13.6. The highest BCUT2D eigenvalue weighted by Crippen LogP contribution is 2.31. The van der Waals surface area contributed by atoms with Gasteiger partial charge in [0.2, 0.25) is 0 Å². The second kappa shape index (κ2) is 10.5. The zero-order valence-electron chi connectivity index (χ0n) is 23.2. The van der Waals surface area contributed by atoms with Crippen molar-refractivity contribution in [2.75, 3.05) is 20.1 Å². The molecular weight excluding hydrogens is 442 g/mol. The second-order valence-electron chi connectivity index (χ2n) is 12.4. The molecule has 2 aliphatic heterocycles. The summed E-state index contributed by atoms with van der Waals surface area (Å²) in [5.41, 5.74) is 3.93. The minimum Gasteiger partial charge on any atom is -0.357 e. The maximum absolute atomic E-state index is 8.74. The van der Waals surface area contributed by atoms with Gasteiger partial charge in [-0.3, -0.25) is 10.3 Å². The van der Waals surface area contributed by atoms with Gasteiger partial charge in [-0.15, -0.1) is 0 Å². The molecule has 0 unspecified atom stereocenters. The standard InChI is InChI=1S/C31H45N5/c1-22-16-25-17-23(21-36-14-8-7-9-15-36)10-11-24(25)18-27(22)28(32)12-13-29(33)35(6)26-19-30(2,3)34-31(4,5)20-26/h10-13,16-18,26,32-34H,7-9,14-15,19-21H2,1-6H3/b13-12-,32-28?,33-29?. The van der Waals surface area contributed by atoms with Gasteiger partial charge in [-0.05, 0) is 120 Å². The number of allylic oxidation sites excluding steroid dienone is 1. The Bertz CT molecular complexity index is 1140. The Labute approximate surface area is 218 Å². The Kier molecular flexibility index (Phi) is 7.72. The lowest BCUT2D eigenvalue weighted by atomic mass is 9.79. The van der Waals surface area contributed by atoms with E-state index in [0.29, 0.717) is 17.6 Å². The van der Waals surface area contributed by atoms with Gasteiger partial charge in [0.15, 0.2) is 0 Å². The van der Waals surface area contributed by atoms with Crippen LogP contribution in [0.5, 0.6) is 0 Å². The maximum atomic E-state index is 8.74. The molecule has 2 aliphatic rings. The Morgan fingerprint density at radius 1 is 0.972 bits per heavy atom. The van der Waals surface area contributed by atoms with Crippen LogP contribution < -0.4 is 5.32 Å². The summed E-state index contributed by atoms with van der Waals surface area (Å²) in [6.07, 6.45) is 9.54. The summed E-state index contributed by atoms with van der Waals surface area (Å²) in [5.74, 6) is 0.457. The van der Waals surface area contributed by atoms with Crippen LogP contribution in [0.15, 0.2) is 42.5 Å². The highest BCUT2D eigenvalue weighted by molar-refractivity contribution is 6.12. The Morgan fingerprint density at radius 3 is 2.31 bits per heavy atom. The molecule has 0 atom stereocenters. The number of hydrogen-bond donors (Lipinski definition) is 3. The average Bonchev–Trinajstić information content (AvgIpc) is 2.80. The molecule has 0 aromatic heterocycles. The van der Waals surface area contributed by atoms with E-state index in [0.717, 1.165) is 30.5 Å². The van der Waals surface area contributed by atoms with Gasteiger partial charge in [-0.25, -0.2) is 0 Å². The van der Waals surface area contributed by atoms with Gasteiger partial charge >= 0.3 is 0 Å². The molecule has 0 amide bonds. The van der Waals surface area contributed by atoms with Gasteiger partial charge in [0.25, 0.3) is 0 Å². The van der Waals surface area contributed by atoms with Crippen molar-refractivity contribution in [2.24, 2.45) is 0 Å². The van der Waals surface area contributed by atoms with E-state index in [-0.39, 0.29) is 11.1 Å². The van der Waals surface area contributed by atoms with Crippen molar-refractivity contribution in [3.63, 3.8) is 0 Å². The van der Waals surface area contributed by atoms with Crippen LogP contribution >= 0.6 is 0 Å². The predicted molar refractivity (Wildman–Crippen MR) is 154 cm³/mol. The number of aryl methyl sites for hydroxylation is 1. The average molecular weight is 488 g/mol. The number of likely N-dealkylation sites (tertiary alicyclic amines) is 1. The first kappa shape index (κ1) is 26.6. The molecule has 0 radical (unpaired) electrons. The van der Waals surface area contributed by atoms with Crippen molar-refractivity contribution in [1.29, 1.82) is 10.8 Å². The zero-order chi connectivity index (χ0) is 26.1. The molecule has 2 heterocycles. The van der Waals surface area contributed by atoms with E-state index in [2.05, 4.69) is 80.1 Å². The van der Waals surface area contributed by atoms with Crippen LogP contribution in [0.4, 0.5) is 0 Å². The molecule has 2 saturated heterocycles. The first-order chi connectivity index (χ1) is 16.9. The van der Waals surface area contributed by atoms with Crippen LogP contribution in [0.3, 0.4) is 0 Å². The third kappa shape index (κ3) is 6.43. The molecule has 5 nitrogen and oxygen atoms in total. The Balaban J connectivity index is 1.45. The summed E-state index contributed by atoms with van der Waals surface area (Å²) < 4.78 is 0. The van der Waals surface area contributed by atoms with Gasteiger partial charge in [0, 0.05) is 36.3 Å². The lowest BCUT2D eigenvalue weighted by Gasteiger charge is -2.49. The van der Waals surface area contributed by atoms with E-state index in [1.807, 2.05) is 7.05 Å². The van der Waals surface area contributed by atoms with Crippen LogP contribution in [0.25, 0.3) is 10.8 Å². The number of benzene rings is 2. The van der Waals surface area contributed by atoms with Crippen LogP contribution in [-0.4, -0.2) is 58.6 Å². The highest BCUT2D eigenvalue weighted by atomic mass is 15.2. The quantitative estimate of drug-likeness (QED) is 0.332. The van der Waals surface area contributed by atoms with Crippen LogP contribution in [0, 0.1) is 17.7 Å². The van der Waals surface area contributed by atoms with E-state index < -0.39 is 0 Å². The van der Waals surface area contributed by atoms with Gasteiger partial charge in [0.05, 0.1) is 5.71 Å². The monoisotopic (exact) mass is 487 g/mol. The predicted octanol–water partition coefficient (Wildman–Crippen LogP) is 6.28. The molecule has 4 rings (SSSR count). The largest absolute Gasteiger partial charge is 0.357 e. The number of hydrogen-bond acceptors (Lipinski definition) is 4. The van der Waals surface area contributed by atoms with Crippen molar-refractivity contribution < 1.29 is 0 Å². The minimum absolute atomic E-state index is 0.0350. The van der Waals surface area contributed by atoms with Gasteiger partial charge < -0.3 is 15.6 Å². The van der Waals surface area contributed by atoms with Crippen LogP contribution in [0.2, 0.25) is 0 Å². The van der Waals surface area contributed by atoms with E-state index in [1.54, 1.807) is 12.2 Å². The summed E-state index contributed by atoms with van der Waals surface area (Å²) in [6, 6.07) is 11.4. The van der Waals surface area contributed by atoms with Gasteiger partial charge in [0.1, 0.15) is 5.84 Å². The van der Waals surface area contributed by atoms with Crippen molar-refractivity contribution in [3.05, 3.63) is 59.2 Å². The topological polar surface area (TPSA) is 66.2 Å². The van der Waals surface area contributed by atoms with Gasteiger partial charge in [-0.2, -0.15) is 0 Å². The summed E-state index contributed by atoms with van der Waals surface area (Å²) in [4.78, 5) is 4.63. The van der Waals surface area contributed by atoms with E-state index in [9.17, 15) is 0 Å². The summed E-state index contributed by atoms with van der Waals surface area (Å²) >= 11 is 0. The lowest BCUT2D eigenvalue weighted by Crippen LogP contribution is -2.62. The smallest absolute Gasteiger partial charge is 0.120 e. The third-order valence-electron chi connectivity index (χ3n) is 7.90. The lowest BCUT2D eigenvalue weighted by molar-refractivity contribution is 0.114. The van der Waals surface area contributed by atoms with Gasteiger partial charge in [-0.1, -0.05) is 24.6 Å². The molecule has 0 spiro atoms. The number of nitrogens with zero attached hydrogens (tertiary/aromatic N) is 2. The third-order valence-corrected chi connectivity index (χ3v) is 7.90. The molecule has 2 aromatic rings. The zero-order valence-corrected chi connectivity index (χ0v) is 23.2. The van der Waals surface area contributed by atoms with E-state index >= 15 is 0 Å². The fourth-order valence-electron chi connectivity index (χ4n) is 6.33. The van der Waals surface area contributed by atoms with E-state index in [1.165, 1.54) is 48.7 Å². The number of amidine groups is 1. The molecule has 0 bridgehead atoms. The molecule has 3 N–H and O–H groups in total. The summed E-state index contributed by atoms with van der Waals surface area (Å²) in [6.45, 7) is 14.5. The first-order valence-electron chi connectivity index (χ1n) is 13.6. The molecule has 5 heteroatoms. The van der Waals surface area contributed by atoms with Crippen molar-refractivity contribution >= 4 is 22.3 Å². The number of piperidine rings is 2. The van der Waals surface area contributed by atoms with Crippen molar-refractivity contribution in [3.8, 4) is 0 Å². The number of nitrogens with one attached hydrogen (secondary N) is 3. The number of likely N-dealkylation sites (N-methyl/N-ethyl adjacent to an activating group) is 1. The maximum Gasteiger partial charge on any atom is 0.120 e. The SMILES string of the molecule is Cc1cc2cc(CN3CCCCC3)ccc2cc1C(=N)/C=C\C(=N)N(C)C1CC(C)(C)NC(C)(C)C1. The highest BCUT2D eigenvalue weighted by Gasteiger charge is 2.39. The molecule has 0 saturated carbocycles. The molecular formula is C31H45N5. The number of rotatable bonds is 6. The molecule has 2 aromatic carbocycles. The summed E-state index contributed by atoms with van der Waals surface area (Å²) in [5, 5.41) is 23.6. The second-order valence-corrected chi connectivity index (χ2v) is 12.4. The molecule has 194 valence electrons. The fourth-order valence-corrected chi connectivity index (χ4v) is 6.33. The molecule has 0 aliphatic carbocycles. The van der Waals surface area contributed by atoms with Crippen LogP contribution in [-0.2, 0) is 6.54 Å². The van der Waals surface area contributed by atoms with Crippen LogP contribution in [0.1, 0.15) is 76.5 Å². The Morgan fingerprint density at radius 2 is 1.64 bits per heavy atom. The summed E-state index contributed by atoms with van der Waals surface area (Å²) in [7, 11) is 2.02. The van der Waals surface area contributed by atoms with Crippen molar-refractivity contribution in [1.82, 2.24) is 15.1 Å². The number of fused-ring (bicyclic) bond motifs is 1. The molecule has 36 heavy (non-hydrogen) atoms. The van der Waals surface area contributed by atoms with E-state index in [4.69, 9.17) is 10.8 Å². The Hall–Kier alpha value is -2.50. The van der Waals surface area contributed by atoms with Crippen molar-refractivity contribution in [2.45, 2.75) is 90.4 Å².